The molecule has 0 atom stereocenters. The molecule has 0 bridgehead atoms. The molecule has 6 heteroatoms. The summed E-state index contributed by atoms with van der Waals surface area (Å²) in [4.78, 5) is 6.58. The van der Waals surface area contributed by atoms with Crippen LogP contribution in [0.3, 0.4) is 0 Å². The molecule has 0 aliphatic heterocycles. The van der Waals surface area contributed by atoms with Crippen molar-refractivity contribution in [3.8, 4) is 0 Å². The molecule has 1 fully saturated rings. The summed E-state index contributed by atoms with van der Waals surface area (Å²) in [6.07, 6.45) is 5.35. The van der Waals surface area contributed by atoms with E-state index in [0.717, 1.165) is 29.7 Å². The molecular weight excluding hydrogens is 392 g/mol. The van der Waals surface area contributed by atoms with Gasteiger partial charge in [-0.05, 0) is 59.4 Å². The topological polar surface area (TPSA) is 25.4 Å². The van der Waals surface area contributed by atoms with E-state index in [1.165, 1.54) is 12.8 Å². The van der Waals surface area contributed by atoms with Gasteiger partial charge in [0.05, 0.1) is 10.2 Å². The molecule has 23 heavy (non-hydrogen) atoms. The highest BCUT2D eigenvalue weighted by Crippen LogP contribution is 2.38. The lowest BCUT2D eigenvalue weighted by Gasteiger charge is -2.36. The highest BCUT2D eigenvalue weighted by atomic mass is 79.9. The number of aromatic nitrogens is 1. The van der Waals surface area contributed by atoms with Crippen LogP contribution in [-0.4, -0.2) is 32.5 Å². The van der Waals surface area contributed by atoms with Crippen molar-refractivity contribution in [2.75, 3.05) is 18.1 Å². The van der Waals surface area contributed by atoms with Crippen molar-refractivity contribution in [1.82, 2.24) is 4.98 Å². The smallest absolute Gasteiger partial charge is 0.191 e. The first-order valence-corrected chi connectivity index (χ1v) is 12.4. The van der Waals surface area contributed by atoms with Crippen LogP contribution in [0, 0.1) is 0 Å². The van der Waals surface area contributed by atoms with E-state index in [2.05, 4.69) is 59.7 Å². The number of nitrogens with zero attached hydrogens (tertiary/aromatic N) is 2. The van der Waals surface area contributed by atoms with Crippen LogP contribution in [0.2, 0.25) is 23.3 Å². The quantitative estimate of drug-likeness (QED) is 0.313. The fourth-order valence-electron chi connectivity index (χ4n) is 2.29. The Hall–Kier alpha value is -0.103. The van der Waals surface area contributed by atoms with Crippen molar-refractivity contribution < 1.29 is 4.43 Å². The zero-order valence-corrected chi connectivity index (χ0v) is 18.2. The molecule has 1 aromatic heterocycles. The second kappa shape index (κ2) is 7.42. The molecule has 1 aliphatic rings. The van der Waals surface area contributed by atoms with Crippen molar-refractivity contribution in [2.45, 2.75) is 64.2 Å². The Labute approximate surface area is 155 Å². The van der Waals surface area contributed by atoms with Crippen molar-refractivity contribution in [3.63, 3.8) is 0 Å². The van der Waals surface area contributed by atoms with E-state index in [1.54, 1.807) is 6.20 Å². The molecular formula is C17H28BrClN2OSi. The second-order valence-electron chi connectivity index (χ2n) is 7.85. The first-order valence-electron chi connectivity index (χ1n) is 8.33. The van der Waals surface area contributed by atoms with Crippen molar-refractivity contribution in [3.05, 3.63) is 21.9 Å². The molecule has 0 radical (unpaired) electrons. The number of hydrogen-bond acceptors (Lipinski definition) is 3. The summed E-state index contributed by atoms with van der Waals surface area (Å²) in [5.41, 5.74) is 1.15. The maximum atomic E-state index is 6.30. The summed E-state index contributed by atoms with van der Waals surface area (Å²) in [7, 11) is -1.65. The Balaban J connectivity index is 1.93. The Morgan fingerprint density at radius 2 is 2.04 bits per heavy atom. The van der Waals surface area contributed by atoms with Gasteiger partial charge in [0.2, 0.25) is 0 Å². The van der Waals surface area contributed by atoms with Crippen molar-refractivity contribution in [1.29, 1.82) is 0 Å². The summed E-state index contributed by atoms with van der Waals surface area (Å²) in [6, 6.07) is 2.59. The third kappa shape index (κ3) is 5.18. The van der Waals surface area contributed by atoms with Gasteiger partial charge < -0.3 is 9.33 Å². The SMILES string of the molecule is CC(C)(C)[Si](C)(C)OCCCN(c1cc(Cl)ncc1Br)C1CC1. The minimum absolute atomic E-state index is 0.269. The first-order chi connectivity index (χ1) is 10.6. The zero-order chi connectivity index (χ0) is 17.3. The van der Waals surface area contributed by atoms with Gasteiger partial charge in [0, 0.05) is 25.4 Å². The van der Waals surface area contributed by atoms with Gasteiger partial charge in [-0.2, -0.15) is 0 Å². The number of anilines is 1. The van der Waals surface area contributed by atoms with Gasteiger partial charge in [-0.3, -0.25) is 0 Å². The average Bonchev–Trinajstić information content (AvgIpc) is 3.25. The molecule has 1 saturated carbocycles. The molecule has 0 spiro atoms. The van der Waals surface area contributed by atoms with E-state index in [0.29, 0.717) is 11.2 Å². The van der Waals surface area contributed by atoms with Gasteiger partial charge in [0.1, 0.15) is 5.15 Å². The molecule has 1 aliphatic carbocycles. The molecule has 3 nitrogen and oxygen atoms in total. The van der Waals surface area contributed by atoms with Gasteiger partial charge in [0.25, 0.3) is 0 Å². The summed E-state index contributed by atoms with van der Waals surface area (Å²) < 4.78 is 7.31. The van der Waals surface area contributed by atoms with Crippen LogP contribution in [0.1, 0.15) is 40.0 Å². The van der Waals surface area contributed by atoms with Crippen LogP contribution in [0.5, 0.6) is 0 Å². The van der Waals surface area contributed by atoms with Crippen LogP contribution in [0.15, 0.2) is 16.7 Å². The highest BCUT2D eigenvalue weighted by molar-refractivity contribution is 9.10. The van der Waals surface area contributed by atoms with E-state index in [1.807, 2.05) is 6.07 Å². The molecule has 0 amide bonds. The van der Waals surface area contributed by atoms with Crippen LogP contribution >= 0.6 is 27.5 Å². The number of rotatable bonds is 7. The number of hydrogen-bond donors (Lipinski definition) is 0. The number of halogens is 2. The lowest BCUT2D eigenvalue weighted by atomic mass is 10.2. The fraction of sp³-hybridized carbons (Fsp3) is 0.706. The summed E-state index contributed by atoms with van der Waals surface area (Å²) >= 11 is 9.69. The van der Waals surface area contributed by atoms with E-state index < -0.39 is 8.32 Å². The minimum atomic E-state index is -1.65. The minimum Gasteiger partial charge on any atom is -0.417 e. The molecule has 0 saturated heterocycles. The summed E-state index contributed by atoms with van der Waals surface area (Å²) in [5.74, 6) is 0. The van der Waals surface area contributed by atoms with Crippen LogP contribution in [-0.2, 0) is 4.43 Å². The maximum absolute atomic E-state index is 6.30. The summed E-state index contributed by atoms with van der Waals surface area (Å²) in [6.45, 7) is 13.3. The fourth-order valence-corrected chi connectivity index (χ4v) is 3.97. The van der Waals surface area contributed by atoms with Gasteiger partial charge in [0.15, 0.2) is 8.32 Å². The monoisotopic (exact) mass is 418 g/mol. The number of pyridine rings is 1. The molecule has 2 rings (SSSR count). The molecule has 1 heterocycles. The first kappa shape index (κ1) is 19.2. The van der Waals surface area contributed by atoms with Gasteiger partial charge in [-0.1, -0.05) is 32.4 Å². The molecule has 1 aromatic rings. The van der Waals surface area contributed by atoms with Gasteiger partial charge in [-0.15, -0.1) is 0 Å². The molecule has 0 unspecified atom stereocenters. The van der Waals surface area contributed by atoms with Crippen molar-refractivity contribution >= 4 is 41.5 Å². The van der Waals surface area contributed by atoms with E-state index in [-0.39, 0.29) is 5.04 Å². The standard InChI is InChI=1S/C17H28BrClN2OSi/c1-17(2,3)23(4,5)22-10-6-9-21(13-7-8-13)15-11-16(19)20-12-14(15)18/h11-13H,6-10H2,1-5H3. The Kier molecular flexibility index (Phi) is 6.20. The third-order valence-electron chi connectivity index (χ3n) is 4.91. The lowest BCUT2D eigenvalue weighted by Crippen LogP contribution is -2.41. The van der Waals surface area contributed by atoms with Gasteiger partial charge in [-0.25, -0.2) is 4.98 Å². The van der Waals surface area contributed by atoms with Crippen LogP contribution in [0.4, 0.5) is 5.69 Å². The van der Waals surface area contributed by atoms with E-state index >= 15 is 0 Å². The molecule has 0 N–H and O–H groups in total. The van der Waals surface area contributed by atoms with Crippen LogP contribution < -0.4 is 4.90 Å². The Morgan fingerprint density at radius 3 is 2.61 bits per heavy atom. The van der Waals surface area contributed by atoms with E-state index in [4.69, 9.17) is 16.0 Å². The predicted molar refractivity (Wildman–Crippen MR) is 105 cm³/mol. The summed E-state index contributed by atoms with van der Waals surface area (Å²) in [5, 5.41) is 0.816. The maximum Gasteiger partial charge on any atom is 0.191 e. The van der Waals surface area contributed by atoms with Gasteiger partial charge >= 0.3 is 0 Å². The Morgan fingerprint density at radius 1 is 1.39 bits per heavy atom. The normalized spacial score (nSPS) is 15.8. The zero-order valence-electron chi connectivity index (χ0n) is 14.8. The molecule has 130 valence electrons. The van der Waals surface area contributed by atoms with Crippen molar-refractivity contribution in [2.24, 2.45) is 0 Å². The lowest BCUT2D eigenvalue weighted by molar-refractivity contribution is 0.283. The van der Waals surface area contributed by atoms with Crippen LogP contribution in [0.25, 0.3) is 0 Å². The molecule has 0 aromatic carbocycles. The highest BCUT2D eigenvalue weighted by Gasteiger charge is 2.37. The third-order valence-corrected chi connectivity index (χ3v) is 10.3. The largest absolute Gasteiger partial charge is 0.417 e. The Bertz CT molecular complexity index is 544. The predicted octanol–water partition coefficient (Wildman–Crippen LogP) is 5.88. The van der Waals surface area contributed by atoms with E-state index in [9.17, 15) is 0 Å². The average molecular weight is 420 g/mol. The second-order valence-corrected chi connectivity index (χ2v) is 13.9.